The first-order valence-electron chi connectivity index (χ1n) is 6.25. The third-order valence-electron chi connectivity index (χ3n) is 3.04. The van der Waals surface area contributed by atoms with Gasteiger partial charge < -0.3 is 5.32 Å². The normalized spacial score (nSPS) is 15.0. The standard InChI is InChI=1S/C12H24N4/c1-5-7-10(3)11(6-2)13-8-12-14-9-16(4)15-12/h9-11,13H,5-8H2,1-4H3. The van der Waals surface area contributed by atoms with Crippen molar-refractivity contribution in [2.24, 2.45) is 13.0 Å². The van der Waals surface area contributed by atoms with Gasteiger partial charge in [-0.05, 0) is 18.8 Å². The molecular weight excluding hydrogens is 200 g/mol. The van der Waals surface area contributed by atoms with Crippen LogP contribution in [0.15, 0.2) is 6.33 Å². The van der Waals surface area contributed by atoms with Gasteiger partial charge in [-0.15, -0.1) is 0 Å². The van der Waals surface area contributed by atoms with Crippen molar-refractivity contribution in [2.75, 3.05) is 0 Å². The fourth-order valence-corrected chi connectivity index (χ4v) is 2.09. The summed E-state index contributed by atoms with van der Waals surface area (Å²) >= 11 is 0. The molecule has 1 N–H and O–H groups in total. The molecule has 2 atom stereocenters. The van der Waals surface area contributed by atoms with Crippen molar-refractivity contribution in [3.63, 3.8) is 0 Å². The smallest absolute Gasteiger partial charge is 0.164 e. The molecular formula is C12H24N4. The lowest BCUT2D eigenvalue weighted by molar-refractivity contribution is 0.341. The highest BCUT2D eigenvalue weighted by atomic mass is 15.3. The maximum atomic E-state index is 4.27. The van der Waals surface area contributed by atoms with Crippen LogP contribution in [0.2, 0.25) is 0 Å². The number of hydrogen-bond donors (Lipinski definition) is 1. The Morgan fingerprint density at radius 1 is 1.44 bits per heavy atom. The first-order chi connectivity index (χ1) is 7.67. The van der Waals surface area contributed by atoms with Gasteiger partial charge in [-0.1, -0.05) is 27.2 Å². The molecule has 0 aliphatic carbocycles. The van der Waals surface area contributed by atoms with E-state index in [0.29, 0.717) is 6.04 Å². The third-order valence-corrected chi connectivity index (χ3v) is 3.04. The molecule has 1 rings (SSSR count). The molecule has 4 heteroatoms. The van der Waals surface area contributed by atoms with Gasteiger partial charge in [-0.25, -0.2) is 4.98 Å². The number of aromatic nitrogens is 3. The van der Waals surface area contributed by atoms with E-state index in [1.54, 1.807) is 11.0 Å². The van der Waals surface area contributed by atoms with E-state index in [4.69, 9.17) is 0 Å². The number of rotatable bonds is 7. The summed E-state index contributed by atoms with van der Waals surface area (Å²) in [6, 6.07) is 0.573. The largest absolute Gasteiger partial charge is 0.307 e. The second kappa shape index (κ2) is 6.63. The monoisotopic (exact) mass is 224 g/mol. The van der Waals surface area contributed by atoms with Crippen LogP contribution in [0.25, 0.3) is 0 Å². The highest BCUT2D eigenvalue weighted by Crippen LogP contribution is 2.13. The molecule has 0 bridgehead atoms. The molecule has 0 amide bonds. The van der Waals surface area contributed by atoms with Gasteiger partial charge in [0.15, 0.2) is 5.82 Å². The van der Waals surface area contributed by atoms with Crippen LogP contribution in [-0.2, 0) is 13.6 Å². The zero-order chi connectivity index (χ0) is 12.0. The average molecular weight is 224 g/mol. The molecule has 92 valence electrons. The van der Waals surface area contributed by atoms with Gasteiger partial charge in [-0.2, -0.15) is 5.10 Å². The van der Waals surface area contributed by atoms with Crippen LogP contribution in [0, 0.1) is 5.92 Å². The predicted molar refractivity (Wildman–Crippen MR) is 66.0 cm³/mol. The molecule has 0 aliphatic heterocycles. The van der Waals surface area contributed by atoms with Gasteiger partial charge in [0.05, 0.1) is 6.54 Å². The summed E-state index contributed by atoms with van der Waals surface area (Å²) in [6.07, 6.45) is 5.43. The van der Waals surface area contributed by atoms with Gasteiger partial charge >= 0.3 is 0 Å². The molecule has 0 saturated carbocycles. The van der Waals surface area contributed by atoms with Crippen molar-refractivity contribution in [3.8, 4) is 0 Å². The number of nitrogens with one attached hydrogen (secondary N) is 1. The van der Waals surface area contributed by atoms with Crippen molar-refractivity contribution in [1.29, 1.82) is 0 Å². The van der Waals surface area contributed by atoms with Gasteiger partial charge in [-0.3, -0.25) is 4.68 Å². The average Bonchev–Trinajstić information content (AvgIpc) is 2.65. The summed E-state index contributed by atoms with van der Waals surface area (Å²) in [5.74, 6) is 1.60. The molecule has 0 aromatic carbocycles. The van der Waals surface area contributed by atoms with Crippen molar-refractivity contribution in [1.82, 2.24) is 20.1 Å². The Labute approximate surface area is 98.5 Å². The Bertz CT molecular complexity index is 295. The van der Waals surface area contributed by atoms with Gasteiger partial charge in [0.2, 0.25) is 0 Å². The fourth-order valence-electron chi connectivity index (χ4n) is 2.09. The zero-order valence-electron chi connectivity index (χ0n) is 10.9. The van der Waals surface area contributed by atoms with E-state index in [1.165, 1.54) is 12.8 Å². The molecule has 0 fully saturated rings. The van der Waals surface area contributed by atoms with Gasteiger partial charge in [0.1, 0.15) is 6.33 Å². The lowest BCUT2D eigenvalue weighted by Crippen LogP contribution is -2.34. The highest BCUT2D eigenvalue weighted by molar-refractivity contribution is 4.82. The van der Waals surface area contributed by atoms with Crippen LogP contribution in [0.4, 0.5) is 0 Å². The van der Waals surface area contributed by atoms with E-state index in [1.807, 2.05) is 7.05 Å². The zero-order valence-corrected chi connectivity index (χ0v) is 10.9. The first kappa shape index (κ1) is 13.2. The topological polar surface area (TPSA) is 42.7 Å². The summed E-state index contributed by atoms with van der Waals surface area (Å²) in [5.41, 5.74) is 0. The lowest BCUT2D eigenvalue weighted by Gasteiger charge is -2.23. The van der Waals surface area contributed by atoms with E-state index in [-0.39, 0.29) is 0 Å². The molecule has 1 aromatic heterocycles. The number of nitrogens with zero attached hydrogens (tertiary/aromatic N) is 3. The molecule has 0 saturated heterocycles. The second-order valence-electron chi connectivity index (χ2n) is 4.50. The Hall–Kier alpha value is -0.900. The predicted octanol–water partition coefficient (Wildman–Crippen LogP) is 2.12. The van der Waals surface area contributed by atoms with Crippen LogP contribution < -0.4 is 5.32 Å². The molecule has 16 heavy (non-hydrogen) atoms. The fraction of sp³-hybridized carbons (Fsp3) is 0.833. The van der Waals surface area contributed by atoms with E-state index < -0.39 is 0 Å². The molecule has 0 aliphatic rings. The Morgan fingerprint density at radius 2 is 2.19 bits per heavy atom. The maximum Gasteiger partial charge on any atom is 0.164 e. The van der Waals surface area contributed by atoms with Crippen molar-refractivity contribution < 1.29 is 0 Å². The Balaban J connectivity index is 2.39. The minimum Gasteiger partial charge on any atom is -0.307 e. The van der Waals surface area contributed by atoms with Gasteiger partial charge in [0, 0.05) is 13.1 Å². The van der Waals surface area contributed by atoms with Crippen LogP contribution in [0.1, 0.15) is 45.9 Å². The molecule has 2 unspecified atom stereocenters. The van der Waals surface area contributed by atoms with E-state index >= 15 is 0 Å². The maximum absolute atomic E-state index is 4.27. The molecule has 1 aromatic rings. The summed E-state index contributed by atoms with van der Waals surface area (Å²) in [5, 5.41) is 7.81. The first-order valence-corrected chi connectivity index (χ1v) is 6.25. The third kappa shape index (κ3) is 3.93. The molecule has 1 heterocycles. The van der Waals surface area contributed by atoms with E-state index in [9.17, 15) is 0 Å². The van der Waals surface area contributed by atoms with Crippen molar-refractivity contribution in [3.05, 3.63) is 12.2 Å². The molecule has 0 spiro atoms. The van der Waals surface area contributed by atoms with E-state index in [0.717, 1.165) is 24.7 Å². The lowest BCUT2D eigenvalue weighted by atomic mass is 9.95. The van der Waals surface area contributed by atoms with Crippen LogP contribution in [0.3, 0.4) is 0 Å². The summed E-state index contributed by atoms with van der Waals surface area (Å²) < 4.78 is 1.74. The summed E-state index contributed by atoms with van der Waals surface area (Å²) in [4.78, 5) is 4.22. The number of hydrogen-bond acceptors (Lipinski definition) is 3. The van der Waals surface area contributed by atoms with Crippen LogP contribution in [0.5, 0.6) is 0 Å². The summed E-state index contributed by atoms with van der Waals surface area (Å²) in [7, 11) is 1.90. The Kier molecular flexibility index (Phi) is 5.46. The minimum atomic E-state index is 0.573. The van der Waals surface area contributed by atoms with Crippen LogP contribution in [-0.4, -0.2) is 20.8 Å². The van der Waals surface area contributed by atoms with Gasteiger partial charge in [0.25, 0.3) is 0 Å². The number of aryl methyl sites for hydroxylation is 1. The SMILES string of the molecule is CCCC(C)C(CC)NCc1ncn(C)n1. The highest BCUT2D eigenvalue weighted by Gasteiger charge is 2.14. The van der Waals surface area contributed by atoms with Crippen molar-refractivity contribution >= 4 is 0 Å². The Morgan fingerprint density at radius 3 is 2.69 bits per heavy atom. The van der Waals surface area contributed by atoms with E-state index in [2.05, 4.69) is 36.2 Å². The molecule has 0 radical (unpaired) electrons. The van der Waals surface area contributed by atoms with Crippen molar-refractivity contribution in [2.45, 2.75) is 52.6 Å². The van der Waals surface area contributed by atoms with Crippen LogP contribution >= 0.6 is 0 Å². The second-order valence-corrected chi connectivity index (χ2v) is 4.50. The minimum absolute atomic E-state index is 0.573. The molecule has 4 nitrogen and oxygen atoms in total. The summed E-state index contributed by atoms with van der Waals surface area (Å²) in [6.45, 7) is 7.56. The quantitative estimate of drug-likeness (QED) is 0.771.